The fraction of sp³-hybridized carbons (Fsp3) is 0.625. The maximum Gasteiger partial charge on any atom is 0.131 e. The van der Waals surface area contributed by atoms with Crippen LogP contribution in [0.4, 0.5) is 4.39 Å². The van der Waals surface area contributed by atoms with E-state index >= 15 is 0 Å². The van der Waals surface area contributed by atoms with E-state index in [1.165, 1.54) is 31.7 Å². The van der Waals surface area contributed by atoms with E-state index in [2.05, 4.69) is 12.2 Å². The van der Waals surface area contributed by atoms with Crippen molar-refractivity contribution < 1.29 is 9.13 Å². The molecule has 0 aromatic heterocycles. The van der Waals surface area contributed by atoms with Crippen LogP contribution in [-0.2, 0) is 0 Å². The lowest BCUT2D eigenvalue weighted by atomic mass is 9.99. The van der Waals surface area contributed by atoms with E-state index in [1.807, 2.05) is 19.2 Å². The second-order valence-corrected chi connectivity index (χ2v) is 4.93. The molecule has 1 rings (SSSR count). The van der Waals surface area contributed by atoms with E-state index in [4.69, 9.17) is 4.74 Å². The molecule has 2 nitrogen and oxygen atoms in total. The third kappa shape index (κ3) is 5.19. The number of hydrogen-bond donors (Lipinski definition) is 1. The minimum absolute atomic E-state index is 0.0903. The molecule has 0 saturated carbocycles. The standard InChI is InChI=1S/C16H26FNO/c1-4-5-6-7-8-9-16(18-2)14-11-10-13(19-3)12-15(14)17/h10-12,16,18H,4-9H2,1-3H3. The number of rotatable bonds is 9. The van der Waals surface area contributed by atoms with E-state index in [0.717, 1.165) is 18.4 Å². The van der Waals surface area contributed by atoms with Crippen molar-refractivity contribution in [1.82, 2.24) is 5.32 Å². The van der Waals surface area contributed by atoms with Crippen molar-refractivity contribution in [2.24, 2.45) is 0 Å². The van der Waals surface area contributed by atoms with Gasteiger partial charge in [0, 0.05) is 17.7 Å². The summed E-state index contributed by atoms with van der Waals surface area (Å²) in [5.74, 6) is 0.381. The lowest BCUT2D eigenvalue weighted by Gasteiger charge is -2.17. The number of unbranched alkanes of at least 4 members (excludes halogenated alkanes) is 4. The van der Waals surface area contributed by atoms with Gasteiger partial charge < -0.3 is 10.1 Å². The van der Waals surface area contributed by atoms with Gasteiger partial charge in [-0.05, 0) is 19.5 Å². The summed E-state index contributed by atoms with van der Waals surface area (Å²) in [5, 5.41) is 3.21. The Labute approximate surface area is 116 Å². The Hall–Kier alpha value is -1.09. The Kier molecular flexibility index (Phi) is 7.49. The second kappa shape index (κ2) is 8.92. The third-order valence-corrected chi connectivity index (χ3v) is 3.53. The smallest absolute Gasteiger partial charge is 0.131 e. The molecule has 0 bridgehead atoms. The summed E-state index contributed by atoms with van der Waals surface area (Å²) < 4.78 is 19.0. The highest BCUT2D eigenvalue weighted by molar-refractivity contribution is 5.30. The summed E-state index contributed by atoms with van der Waals surface area (Å²) in [6.45, 7) is 2.21. The van der Waals surface area contributed by atoms with Crippen LogP contribution in [0.3, 0.4) is 0 Å². The molecule has 0 fully saturated rings. The first-order chi connectivity index (χ1) is 9.22. The highest BCUT2D eigenvalue weighted by Gasteiger charge is 2.14. The molecule has 19 heavy (non-hydrogen) atoms. The molecule has 108 valence electrons. The van der Waals surface area contributed by atoms with Gasteiger partial charge >= 0.3 is 0 Å². The van der Waals surface area contributed by atoms with Crippen LogP contribution in [0.1, 0.15) is 57.1 Å². The molecule has 1 atom stereocenters. The predicted octanol–water partition coefficient (Wildman–Crippen LogP) is 4.46. The van der Waals surface area contributed by atoms with Crippen LogP contribution in [0.25, 0.3) is 0 Å². The minimum atomic E-state index is -0.188. The maximum atomic E-state index is 14.0. The van der Waals surface area contributed by atoms with Crippen molar-refractivity contribution in [1.29, 1.82) is 0 Å². The lowest BCUT2D eigenvalue weighted by Crippen LogP contribution is -2.17. The highest BCUT2D eigenvalue weighted by Crippen LogP contribution is 2.25. The Morgan fingerprint density at radius 3 is 2.53 bits per heavy atom. The van der Waals surface area contributed by atoms with Crippen LogP contribution in [0.15, 0.2) is 18.2 Å². The summed E-state index contributed by atoms with van der Waals surface area (Å²) >= 11 is 0. The summed E-state index contributed by atoms with van der Waals surface area (Å²) in [4.78, 5) is 0. The van der Waals surface area contributed by atoms with Gasteiger partial charge in [0.1, 0.15) is 11.6 Å². The maximum absolute atomic E-state index is 14.0. The number of halogens is 1. The van der Waals surface area contributed by atoms with Gasteiger partial charge in [0.05, 0.1) is 7.11 Å². The predicted molar refractivity (Wildman–Crippen MR) is 78.1 cm³/mol. The van der Waals surface area contributed by atoms with E-state index in [-0.39, 0.29) is 11.9 Å². The number of nitrogens with one attached hydrogen (secondary N) is 1. The number of methoxy groups -OCH3 is 1. The molecule has 0 aliphatic carbocycles. The Morgan fingerprint density at radius 2 is 1.95 bits per heavy atom. The quantitative estimate of drug-likeness (QED) is 0.667. The molecule has 3 heteroatoms. The molecule has 1 N–H and O–H groups in total. The zero-order valence-corrected chi connectivity index (χ0v) is 12.3. The average molecular weight is 267 g/mol. The van der Waals surface area contributed by atoms with E-state index in [0.29, 0.717) is 5.75 Å². The summed E-state index contributed by atoms with van der Waals surface area (Å²) in [6, 6.07) is 5.19. The van der Waals surface area contributed by atoms with Gasteiger partial charge in [-0.25, -0.2) is 4.39 Å². The van der Waals surface area contributed by atoms with E-state index in [9.17, 15) is 4.39 Å². The number of ether oxygens (including phenoxy) is 1. The lowest BCUT2D eigenvalue weighted by molar-refractivity contribution is 0.408. The fourth-order valence-electron chi connectivity index (χ4n) is 2.32. The van der Waals surface area contributed by atoms with Crippen LogP contribution in [0.2, 0.25) is 0 Å². The molecule has 1 aromatic rings. The van der Waals surface area contributed by atoms with Gasteiger partial charge in [-0.1, -0.05) is 45.1 Å². The Balaban J connectivity index is 2.54. The average Bonchev–Trinajstić information content (AvgIpc) is 2.43. The van der Waals surface area contributed by atoms with Crippen molar-refractivity contribution in [3.8, 4) is 5.75 Å². The Bertz CT molecular complexity index is 368. The first-order valence-electron chi connectivity index (χ1n) is 7.23. The van der Waals surface area contributed by atoms with Gasteiger partial charge in [-0.2, -0.15) is 0 Å². The van der Waals surface area contributed by atoms with Crippen LogP contribution in [0, 0.1) is 5.82 Å². The van der Waals surface area contributed by atoms with Crippen molar-refractivity contribution in [3.05, 3.63) is 29.6 Å². The van der Waals surface area contributed by atoms with Gasteiger partial charge in [0.2, 0.25) is 0 Å². The fourth-order valence-corrected chi connectivity index (χ4v) is 2.32. The normalized spacial score (nSPS) is 12.4. The monoisotopic (exact) mass is 267 g/mol. The second-order valence-electron chi connectivity index (χ2n) is 4.93. The zero-order valence-electron chi connectivity index (χ0n) is 12.3. The van der Waals surface area contributed by atoms with Gasteiger partial charge in [-0.3, -0.25) is 0 Å². The third-order valence-electron chi connectivity index (χ3n) is 3.53. The topological polar surface area (TPSA) is 21.3 Å². The van der Waals surface area contributed by atoms with Crippen molar-refractivity contribution in [2.75, 3.05) is 14.2 Å². The van der Waals surface area contributed by atoms with E-state index in [1.54, 1.807) is 7.11 Å². The van der Waals surface area contributed by atoms with Crippen molar-refractivity contribution >= 4 is 0 Å². The van der Waals surface area contributed by atoms with Gasteiger partial charge in [0.15, 0.2) is 0 Å². The SMILES string of the molecule is CCCCCCCC(NC)c1ccc(OC)cc1F. The highest BCUT2D eigenvalue weighted by atomic mass is 19.1. The molecule has 0 heterocycles. The molecular formula is C16H26FNO. The molecule has 0 saturated heterocycles. The largest absolute Gasteiger partial charge is 0.497 e. The molecule has 0 aliphatic rings. The number of benzene rings is 1. The van der Waals surface area contributed by atoms with Crippen LogP contribution >= 0.6 is 0 Å². The Morgan fingerprint density at radius 1 is 1.21 bits per heavy atom. The van der Waals surface area contributed by atoms with Gasteiger partial charge in [-0.15, -0.1) is 0 Å². The molecular weight excluding hydrogens is 241 g/mol. The van der Waals surface area contributed by atoms with Crippen LogP contribution in [0.5, 0.6) is 5.75 Å². The number of hydrogen-bond acceptors (Lipinski definition) is 2. The van der Waals surface area contributed by atoms with E-state index < -0.39 is 0 Å². The molecule has 0 amide bonds. The molecule has 0 radical (unpaired) electrons. The van der Waals surface area contributed by atoms with Crippen molar-refractivity contribution in [3.63, 3.8) is 0 Å². The molecule has 1 aromatic carbocycles. The zero-order chi connectivity index (χ0) is 14.1. The van der Waals surface area contributed by atoms with Crippen molar-refractivity contribution in [2.45, 2.75) is 51.5 Å². The van der Waals surface area contributed by atoms with Crippen LogP contribution < -0.4 is 10.1 Å². The first-order valence-corrected chi connectivity index (χ1v) is 7.23. The first kappa shape index (κ1) is 16.0. The molecule has 0 spiro atoms. The summed E-state index contributed by atoms with van der Waals surface area (Å²) in [7, 11) is 3.44. The molecule has 0 aliphatic heterocycles. The van der Waals surface area contributed by atoms with Crippen LogP contribution in [-0.4, -0.2) is 14.2 Å². The summed E-state index contributed by atoms with van der Waals surface area (Å²) in [5.41, 5.74) is 0.735. The summed E-state index contributed by atoms with van der Waals surface area (Å²) in [6.07, 6.45) is 7.16. The molecule has 1 unspecified atom stereocenters. The van der Waals surface area contributed by atoms with Gasteiger partial charge in [0.25, 0.3) is 0 Å². The minimum Gasteiger partial charge on any atom is -0.497 e.